The lowest BCUT2D eigenvalue weighted by atomic mass is 9.88. The molecule has 3 heterocycles. The van der Waals surface area contributed by atoms with E-state index in [1.165, 1.54) is 0 Å². The number of amides is 2. The van der Waals surface area contributed by atoms with Crippen LogP contribution in [0.2, 0.25) is 0 Å². The van der Waals surface area contributed by atoms with Crippen LogP contribution in [0.3, 0.4) is 0 Å². The van der Waals surface area contributed by atoms with Crippen LogP contribution in [-0.2, 0) is 4.74 Å². The molecule has 6 nitrogen and oxygen atoms in total. The molecule has 6 heteroatoms. The Hall–Kier alpha value is -1.82. The van der Waals surface area contributed by atoms with Gasteiger partial charge in [-0.05, 0) is 31.4 Å². The summed E-state index contributed by atoms with van der Waals surface area (Å²) in [6, 6.07) is 3.84. The van der Waals surface area contributed by atoms with Crippen LogP contribution in [0.4, 0.5) is 4.79 Å². The first-order valence-corrected chi connectivity index (χ1v) is 8.94. The number of carbonyl (C=O) groups excluding carboxylic acids is 1. The number of rotatable bonds is 5. The second-order valence-corrected chi connectivity index (χ2v) is 6.70. The van der Waals surface area contributed by atoms with Crippen molar-refractivity contribution < 1.29 is 14.3 Å². The fourth-order valence-corrected chi connectivity index (χ4v) is 3.44. The maximum atomic E-state index is 12.1. The average molecular weight is 333 g/mol. The van der Waals surface area contributed by atoms with Crippen LogP contribution >= 0.6 is 0 Å². The number of carbonyl (C=O) groups is 1. The molecule has 0 saturated carbocycles. The molecule has 1 spiro atoms. The van der Waals surface area contributed by atoms with Crippen molar-refractivity contribution in [3.8, 4) is 5.75 Å². The molecule has 2 aliphatic heterocycles. The van der Waals surface area contributed by atoms with Crippen LogP contribution in [0.1, 0.15) is 39.0 Å². The number of urea groups is 1. The fraction of sp³-hybridized carbons (Fsp3) is 0.667. The Balaban J connectivity index is 1.45. The van der Waals surface area contributed by atoms with Crippen molar-refractivity contribution in [1.82, 2.24) is 15.2 Å². The van der Waals surface area contributed by atoms with Crippen molar-refractivity contribution >= 4 is 6.03 Å². The second kappa shape index (κ2) is 7.83. The molecule has 0 unspecified atom stereocenters. The summed E-state index contributed by atoms with van der Waals surface area (Å²) in [7, 11) is 0. The number of aromatic nitrogens is 1. The van der Waals surface area contributed by atoms with Gasteiger partial charge in [-0.1, -0.05) is 13.3 Å². The largest absolute Gasteiger partial charge is 0.486 e. The highest BCUT2D eigenvalue weighted by atomic mass is 16.6. The Morgan fingerprint density at radius 2 is 2.33 bits per heavy atom. The molecule has 0 radical (unpaired) electrons. The van der Waals surface area contributed by atoms with Crippen LogP contribution in [0.5, 0.6) is 5.75 Å². The topological polar surface area (TPSA) is 63.7 Å². The Morgan fingerprint density at radius 3 is 3.04 bits per heavy atom. The van der Waals surface area contributed by atoms with Gasteiger partial charge in [0.2, 0.25) is 0 Å². The van der Waals surface area contributed by atoms with Crippen molar-refractivity contribution in [2.45, 2.75) is 50.7 Å². The first-order chi connectivity index (χ1) is 11.7. The lowest BCUT2D eigenvalue weighted by Gasteiger charge is -2.38. The van der Waals surface area contributed by atoms with E-state index in [1.807, 2.05) is 17.0 Å². The van der Waals surface area contributed by atoms with Crippen LogP contribution in [0, 0.1) is 0 Å². The molecule has 132 valence electrons. The van der Waals surface area contributed by atoms with E-state index in [-0.39, 0.29) is 17.7 Å². The van der Waals surface area contributed by atoms with Crippen molar-refractivity contribution in [3.63, 3.8) is 0 Å². The molecule has 1 N–H and O–H groups in total. The lowest BCUT2D eigenvalue weighted by molar-refractivity contribution is -0.0370. The van der Waals surface area contributed by atoms with Crippen LogP contribution in [-0.4, -0.2) is 53.9 Å². The van der Waals surface area contributed by atoms with Gasteiger partial charge in [-0.3, -0.25) is 4.98 Å². The van der Waals surface area contributed by atoms with Crippen molar-refractivity contribution in [1.29, 1.82) is 0 Å². The van der Waals surface area contributed by atoms with Crippen LogP contribution in [0.25, 0.3) is 0 Å². The Kier molecular flexibility index (Phi) is 5.56. The molecule has 0 aromatic carbocycles. The molecular weight excluding hydrogens is 306 g/mol. The van der Waals surface area contributed by atoms with Gasteiger partial charge in [-0.15, -0.1) is 0 Å². The number of nitrogens with zero attached hydrogens (tertiary/aromatic N) is 2. The first-order valence-electron chi connectivity index (χ1n) is 8.94. The molecule has 0 bridgehead atoms. The van der Waals surface area contributed by atoms with Gasteiger partial charge in [-0.25, -0.2) is 4.79 Å². The summed E-state index contributed by atoms with van der Waals surface area (Å²) < 4.78 is 12.1. The number of nitrogens with one attached hydrogen (secondary N) is 1. The molecule has 1 atom stereocenters. The quantitative estimate of drug-likeness (QED) is 0.841. The van der Waals surface area contributed by atoms with Gasteiger partial charge in [0.1, 0.15) is 11.9 Å². The molecule has 2 fully saturated rings. The Morgan fingerprint density at radius 1 is 1.50 bits per heavy atom. The predicted molar refractivity (Wildman–Crippen MR) is 91.1 cm³/mol. The van der Waals surface area contributed by atoms with Gasteiger partial charge < -0.3 is 19.7 Å². The Bertz CT molecular complexity index is 530. The molecule has 1 aromatic rings. The van der Waals surface area contributed by atoms with E-state index in [1.54, 1.807) is 12.4 Å². The monoisotopic (exact) mass is 333 g/mol. The van der Waals surface area contributed by atoms with E-state index < -0.39 is 0 Å². The van der Waals surface area contributed by atoms with Gasteiger partial charge in [-0.2, -0.15) is 0 Å². The van der Waals surface area contributed by atoms with E-state index in [0.717, 1.165) is 57.5 Å². The normalized spacial score (nSPS) is 22.5. The van der Waals surface area contributed by atoms with Crippen molar-refractivity contribution in [3.05, 3.63) is 24.5 Å². The summed E-state index contributed by atoms with van der Waals surface area (Å²) >= 11 is 0. The van der Waals surface area contributed by atoms with Crippen molar-refractivity contribution in [2.75, 3.05) is 26.2 Å². The summed E-state index contributed by atoms with van der Waals surface area (Å²) in [4.78, 5) is 18.1. The van der Waals surface area contributed by atoms with E-state index >= 15 is 0 Å². The minimum Gasteiger partial charge on any atom is -0.486 e. The number of piperidine rings is 1. The molecule has 2 aliphatic rings. The number of unbranched alkanes of at least 4 members (excludes halogenated alkanes) is 1. The maximum Gasteiger partial charge on any atom is 0.317 e. The summed E-state index contributed by atoms with van der Waals surface area (Å²) in [5.41, 5.74) is -0.132. The maximum absolute atomic E-state index is 12.1. The van der Waals surface area contributed by atoms with Gasteiger partial charge >= 0.3 is 6.03 Å². The fourth-order valence-electron chi connectivity index (χ4n) is 3.44. The van der Waals surface area contributed by atoms with E-state index in [4.69, 9.17) is 9.47 Å². The SMILES string of the molecule is CCCCNC(=O)N1CCC2(CC1)C[C@H](Oc1cccnc1)CO2. The van der Waals surface area contributed by atoms with E-state index in [0.29, 0.717) is 6.61 Å². The summed E-state index contributed by atoms with van der Waals surface area (Å²) in [5.74, 6) is 0.788. The highest BCUT2D eigenvalue weighted by Crippen LogP contribution is 2.37. The van der Waals surface area contributed by atoms with Crippen LogP contribution < -0.4 is 10.1 Å². The van der Waals surface area contributed by atoms with Gasteiger partial charge in [0.25, 0.3) is 0 Å². The Labute approximate surface area is 143 Å². The number of ether oxygens (including phenoxy) is 2. The zero-order valence-corrected chi connectivity index (χ0v) is 14.4. The zero-order valence-electron chi connectivity index (χ0n) is 14.4. The predicted octanol–water partition coefficient (Wildman–Crippen LogP) is 2.59. The van der Waals surface area contributed by atoms with Gasteiger partial charge in [0, 0.05) is 32.3 Å². The third-order valence-corrected chi connectivity index (χ3v) is 4.88. The highest BCUT2D eigenvalue weighted by Gasteiger charge is 2.44. The summed E-state index contributed by atoms with van der Waals surface area (Å²) in [6.45, 7) is 4.99. The molecule has 2 saturated heterocycles. The molecule has 1 aromatic heterocycles. The van der Waals surface area contributed by atoms with Gasteiger partial charge in [0.05, 0.1) is 18.4 Å². The third-order valence-electron chi connectivity index (χ3n) is 4.88. The zero-order chi connectivity index (χ0) is 16.8. The van der Waals surface area contributed by atoms with E-state index in [9.17, 15) is 4.79 Å². The summed E-state index contributed by atoms with van der Waals surface area (Å²) in [5, 5.41) is 2.99. The molecule has 3 rings (SSSR count). The van der Waals surface area contributed by atoms with Crippen LogP contribution in [0.15, 0.2) is 24.5 Å². The standard InChI is InChI=1S/C18H27N3O3/c1-2-3-9-20-17(22)21-10-6-18(7-11-21)12-16(14-23-18)24-15-5-4-8-19-13-15/h4-5,8,13,16H,2-3,6-7,9-12,14H2,1H3,(H,20,22)/t16-/m0/s1. The molecular formula is C18H27N3O3. The molecule has 0 aliphatic carbocycles. The summed E-state index contributed by atoms with van der Waals surface area (Å²) in [6.07, 6.45) is 8.29. The number of hydrogen-bond donors (Lipinski definition) is 1. The molecule has 24 heavy (non-hydrogen) atoms. The lowest BCUT2D eigenvalue weighted by Crippen LogP contribution is -2.50. The number of hydrogen-bond acceptors (Lipinski definition) is 4. The minimum absolute atomic E-state index is 0.0551. The van der Waals surface area contributed by atoms with E-state index in [2.05, 4.69) is 17.2 Å². The van der Waals surface area contributed by atoms with Gasteiger partial charge in [0.15, 0.2) is 0 Å². The third kappa shape index (κ3) is 4.17. The first kappa shape index (κ1) is 17.0. The number of likely N-dealkylation sites (tertiary alicyclic amines) is 1. The minimum atomic E-state index is -0.132. The number of pyridine rings is 1. The van der Waals surface area contributed by atoms with Crippen molar-refractivity contribution in [2.24, 2.45) is 0 Å². The smallest absolute Gasteiger partial charge is 0.317 e. The highest BCUT2D eigenvalue weighted by molar-refractivity contribution is 5.74. The molecule has 2 amide bonds. The second-order valence-electron chi connectivity index (χ2n) is 6.70. The average Bonchev–Trinajstić information content (AvgIpc) is 2.99.